The first-order valence-electron chi connectivity index (χ1n) is 7.53. The van der Waals surface area contributed by atoms with Crippen LogP contribution in [0.2, 0.25) is 0 Å². The van der Waals surface area contributed by atoms with Crippen molar-refractivity contribution in [3.8, 4) is 0 Å². The maximum atomic E-state index is 9.91. The van der Waals surface area contributed by atoms with E-state index in [4.69, 9.17) is 4.52 Å². The minimum Gasteiger partial charge on any atom is -0.392 e. The fourth-order valence-electron chi connectivity index (χ4n) is 3.26. The van der Waals surface area contributed by atoms with E-state index in [0.29, 0.717) is 11.9 Å². The van der Waals surface area contributed by atoms with Crippen LogP contribution in [0.1, 0.15) is 36.9 Å². The second-order valence-corrected chi connectivity index (χ2v) is 6.25. The monoisotopic (exact) mass is 280 g/mol. The summed E-state index contributed by atoms with van der Waals surface area (Å²) in [6.07, 6.45) is 3.34. The van der Waals surface area contributed by atoms with Gasteiger partial charge in [-0.3, -0.25) is 0 Å². The molecule has 20 heavy (non-hydrogen) atoms. The summed E-state index contributed by atoms with van der Waals surface area (Å²) in [6.45, 7) is 3.22. The van der Waals surface area contributed by atoms with Gasteiger partial charge >= 0.3 is 0 Å². The first kappa shape index (κ1) is 14.0. The highest BCUT2D eigenvalue weighted by atomic mass is 16.5. The molecule has 3 rings (SSSR count). The number of rotatable bonds is 3. The lowest BCUT2D eigenvalue weighted by Gasteiger charge is -2.37. The molecule has 0 radical (unpaired) electrons. The van der Waals surface area contributed by atoms with Crippen LogP contribution in [0.15, 0.2) is 4.52 Å². The molecular formula is C14H24N4O2. The zero-order chi connectivity index (χ0) is 14.1. The molecule has 0 bridgehead atoms. The maximum Gasteiger partial charge on any atom is 0.232 e. The Labute approximate surface area is 119 Å². The summed E-state index contributed by atoms with van der Waals surface area (Å²) in [5, 5.41) is 14.0. The Morgan fingerprint density at radius 2 is 2.15 bits per heavy atom. The van der Waals surface area contributed by atoms with E-state index in [1.165, 1.54) is 0 Å². The topological polar surface area (TPSA) is 65.6 Å². The third-order valence-electron chi connectivity index (χ3n) is 4.68. The highest BCUT2D eigenvalue weighted by Crippen LogP contribution is 2.33. The standard InChI is InChI=1S/C14H24N4O2/c1-17-6-7-18(2)10(9-17)8-13-15-14(20-16-13)11-4-3-5-12(11)19/h10-12,19H,3-9H2,1-2H3. The van der Waals surface area contributed by atoms with Crippen molar-refractivity contribution in [3.63, 3.8) is 0 Å². The van der Waals surface area contributed by atoms with E-state index in [-0.39, 0.29) is 12.0 Å². The van der Waals surface area contributed by atoms with Gasteiger partial charge in [-0.15, -0.1) is 0 Å². The van der Waals surface area contributed by atoms with Gasteiger partial charge in [0.25, 0.3) is 0 Å². The molecule has 112 valence electrons. The molecule has 2 fully saturated rings. The van der Waals surface area contributed by atoms with Crippen molar-refractivity contribution >= 4 is 0 Å². The zero-order valence-corrected chi connectivity index (χ0v) is 12.3. The van der Waals surface area contributed by atoms with E-state index in [0.717, 1.165) is 51.1 Å². The Hall–Kier alpha value is -0.980. The number of aliphatic hydroxyl groups is 1. The number of aliphatic hydroxyl groups excluding tert-OH is 1. The number of piperazine rings is 1. The molecule has 1 aromatic heterocycles. The molecular weight excluding hydrogens is 256 g/mol. The molecule has 0 aromatic carbocycles. The van der Waals surface area contributed by atoms with Crippen LogP contribution in [0.4, 0.5) is 0 Å². The van der Waals surface area contributed by atoms with Crippen molar-refractivity contribution in [2.45, 2.75) is 43.7 Å². The average Bonchev–Trinajstić information content (AvgIpc) is 3.02. The molecule has 6 nitrogen and oxygen atoms in total. The van der Waals surface area contributed by atoms with Crippen LogP contribution in [-0.2, 0) is 6.42 Å². The highest BCUT2D eigenvalue weighted by Gasteiger charge is 2.32. The molecule has 0 spiro atoms. The molecule has 3 atom stereocenters. The quantitative estimate of drug-likeness (QED) is 0.869. The predicted molar refractivity (Wildman–Crippen MR) is 74.5 cm³/mol. The molecule has 1 saturated carbocycles. The van der Waals surface area contributed by atoms with E-state index >= 15 is 0 Å². The molecule has 1 aromatic rings. The second kappa shape index (κ2) is 5.79. The van der Waals surface area contributed by atoms with Crippen LogP contribution in [0, 0.1) is 0 Å². The van der Waals surface area contributed by atoms with Crippen molar-refractivity contribution in [1.82, 2.24) is 19.9 Å². The van der Waals surface area contributed by atoms with E-state index in [1.54, 1.807) is 0 Å². The van der Waals surface area contributed by atoms with Gasteiger partial charge in [0.2, 0.25) is 5.89 Å². The number of hydrogen-bond donors (Lipinski definition) is 1. The number of aromatic nitrogens is 2. The summed E-state index contributed by atoms with van der Waals surface area (Å²) >= 11 is 0. The van der Waals surface area contributed by atoms with Gasteiger partial charge in [-0.2, -0.15) is 4.98 Å². The molecule has 1 saturated heterocycles. The van der Waals surface area contributed by atoms with Gasteiger partial charge in [-0.25, -0.2) is 0 Å². The zero-order valence-electron chi connectivity index (χ0n) is 12.3. The van der Waals surface area contributed by atoms with Crippen molar-refractivity contribution in [3.05, 3.63) is 11.7 Å². The number of hydrogen-bond acceptors (Lipinski definition) is 6. The Morgan fingerprint density at radius 1 is 1.30 bits per heavy atom. The Balaban J connectivity index is 1.64. The second-order valence-electron chi connectivity index (χ2n) is 6.25. The summed E-state index contributed by atoms with van der Waals surface area (Å²) < 4.78 is 5.37. The summed E-state index contributed by atoms with van der Waals surface area (Å²) in [5.74, 6) is 1.44. The Morgan fingerprint density at radius 3 is 2.90 bits per heavy atom. The number of nitrogens with zero attached hydrogens (tertiary/aromatic N) is 4. The lowest BCUT2D eigenvalue weighted by atomic mass is 10.1. The molecule has 2 aliphatic rings. The SMILES string of the molecule is CN1CCN(C)C(Cc2noc(C3CCCC3O)n2)C1. The predicted octanol–water partition coefficient (Wildman–Crippen LogP) is 0.486. The van der Waals surface area contributed by atoms with Crippen molar-refractivity contribution in [1.29, 1.82) is 0 Å². The molecule has 2 heterocycles. The summed E-state index contributed by atoms with van der Waals surface area (Å²) in [6, 6.07) is 0.438. The number of likely N-dealkylation sites (N-methyl/N-ethyl adjacent to an activating group) is 2. The third-order valence-corrected chi connectivity index (χ3v) is 4.68. The largest absolute Gasteiger partial charge is 0.392 e. The van der Waals surface area contributed by atoms with Gasteiger partial charge in [0.1, 0.15) is 0 Å². The smallest absolute Gasteiger partial charge is 0.232 e. The molecule has 1 aliphatic heterocycles. The first-order chi connectivity index (χ1) is 9.63. The van der Waals surface area contributed by atoms with Crippen LogP contribution in [0.25, 0.3) is 0 Å². The summed E-state index contributed by atoms with van der Waals surface area (Å²) in [4.78, 5) is 9.21. The van der Waals surface area contributed by atoms with Crippen LogP contribution < -0.4 is 0 Å². The van der Waals surface area contributed by atoms with Gasteiger partial charge in [-0.05, 0) is 33.4 Å². The molecule has 3 unspecified atom stereocenters. The minimum atomic E-state index is -0.313. The normalized spacial score (nSPS) is 32.9. The molecule has 1 N–H and O–H groups in total. The van der Waals surface area contributed by atoms with Gasteiger partial charge in [-0.1, -0.05) is 5.16 Å². The fourth-order valence-corrected chi connectivity index (χ4v) is 3.26. The third kappa shape index (κ3) is 2.87. The fraction of sp³-hybridized carbons (Fsp3) is 0.857. The van der Waals surface area contributed by atoms with Crippen molar-refractivity contribution < 1.29 is 9.63 Å². The lowest BCUT2D eigenvalue weighted by Crippen LogP contribution is -2.50. The molecule has 6 heteroatoms. The van der Waals surface area contributed by atoms with E-state index in [1.807, 2.05) is 0 Å². The Bertz CT molecular complexity index is 450. The summed E-state index contributed by atoms with van der Waals surface area (Å²) in [7, 11) is 4.30. The van der Waals surface area contributed by atoms with Gasteiger partial charge in [0.15, 0.2) is 5.82 Å². The van der Waals surface area contributed by atoms with E-state index in [2.05, 4.69) is 34.0 Å². The van der Waals surface area contributed by atoms with Crippen LogP contribution in [-0.4, -0.2) is 70.9 Å². The van der Waals surface area contributed by atoms with E-state index < -0.39 is 0 Å². The first-order valence-corrected chi connectivity index (χ1v) is 7.53. The van der Waals surface area contributed by atoms with Crippen LogP contribution >= 0.6 is 0 Å². The summed E-state index contributed by atoms with van der Waals surface area (Å²) in [5.41, 5.74) is 0. The van der Waals surface area contributed by atoms with Gasteiger partial charge in [0.05, 0.1) is 12.0 Å². The Kier molecular flexibility index (Phi) is 4.05. The average molecular weight is 280 g/mol. The van der Waals surface area contributed by atoms with Crippen LogP contribution in [0.5, 0.6) is 0 Å². The lowest BCUT2D eigenvalue weighted by molar-refractivity contribution is 0.113. The van der Waals surface area contributed by atoms with Gasteiger partial charge < -0.3 is 19.4 Å². The minimum absolute atomic E-state index is 0.0445. The maximum absolute atomic E-state index is 9.91. The van der Waals surface area contributed by atoms with E-state index in [9.17, 15) is 5.11 Å². The van der Waals surface area contributed by atoms with Crippen LogP contribution in [0.3, 0.4) is 0 Å². The van der Waals surface area contributed by atoms with Gasteiger partial charge in [0, 0.05) is 32.1 Å². The molecule has 0 amide bonds. The molecule has 1 aliphatic carbocycles. The highest BCUT2D eigenvalue weighted by molar-refractivity contribution is 5.01. The van der Waals surface area contributed by atoms with Crippen molar-refractivity contribution in [2.24, 2.45) is 0 Å². The van der Waals surface area contributed by atoms with Crippen molar-refractivity contribution in [2.75, 3.05) is 33.7 Å².